The van der Waals surface area contributed by atoms with Crippen molar-refractivity contribution < 1.29 is 5.21 Å². The lowest BCUT2D eigenvalue weighted by Gasteiger charge is -2.57. The molecule has 4 aliphatic carbocycles. The van der Waals surface area contributed by atoms with E-state index >= 15 is 0 Å². The number of aromatic nitrogens is 2. The van der Waals surface area contributed by atoms with Gasteiger partial charge < -0.3 is 9.77 Å². The number of benzene rings is 1. The van der Waals surface area contributed by atoms with Gasteiger partial charge >= 0.3 is 0 Å². The molecule has 0 aliphatic heterocycles. The minimum atomic E-state index is -0.189. The number of allylic oxidation sites excluding steroid dienone is 4. The molecule has 5 atom stereocenters. The Morgan fingerprint density at radius 1 is 1.17 bits per heavy atom. The highest BCUT2D eigenvalue weighted by Crippen LogP contribution is 2.65. The second-order valence-electron chi connectivity index (χ2n) is 10.2. The Morgan fingerprint density at radius 2 is 2.07 bits per heavy atom. The number of oxime groups is 1. The van der Waals surface area contributed by atoms with Crippen molar-refractivity contribution in [2.24, 2.45) is 33.7 Å². The van der Waals surface area contributed by atoms with E-state index in [4.69, 9.17) is 0 Å². The molecule has 4 nitrogen and oxygen atoms in total. The standard InChI is InChI=1S/C26H31N3O/c1-25-14-5-4-6-18(25)9-10-19-20(25)13-15-26(16-28-30)21(19)11-12-24(26)29-17-27-22-7-2-3-8-23(22)29/h2-3,6-8,12,16-17,19-21,30H,4-5,9-11,13-15H2,1H3/b28-16-/t19-,20+,21+,25+,26-/m1/s1. The molecule has 0 unspecified atom stereocenters. The third-order valence-electron chi connectivity index (χ3n) is 9.20. The van der Waals surface area contributed by atoms with E-state index in [1.54, 1.807) is 5.57 Å². The van der Waals surface area contributed by atoms with Gasteiger partial charge in [-0.15, -0.1) is 5.16 Å². The Bertz CT molecular complexity index is 1080. The Kier molecular flexibility index (Phi) is 4.03. The molecule has 0 saturated heterocycles. The van der Waals surface area contributed by atoms with Gasteiger partial charge in [0, 0.05) is 5.70 Å². The fraction of sp³-hybridized carbons (Fsp3) is 0.538. The normalized spacial score (nSPS) is 38.1. The predicted molar refractivity (Wildman–Crippen MR) is 120 cm³/mol. The summed E-state index contributed by atoms with van der Waals surface area (Å²) in [6.07, 6.45) is 18.6. The lowest BCUT2D eigenvalue weighted by Crippen LogP contribution is -2.51. The highest BCUT2D eigenvalue weighted by molar-refractivity contribution is 5.88. The minimum Gasteiger partial charge on any atom is -0.411 e. The molecule has 0 spiro atoms. The number of hydrogen-bond donors (Lipinski definition) is 1. The van der Waals surface area contributed by atoms with Crippen molar-refractivity contribution in [1.82, 2.24) is 9.55 Å². The van der Waals surface area contributed by atoms with Gasteiger partial charge in [-0.25, -0.2) is 4.98 Å². The SMILES string of the molecule is C[C@]12CCCC=C1CC[C@@H]1[C@@H]2CC[C@]2(/C=N\O)C(n3cnc4ccccc43)=CC[C@@H]12. The second kappa shape index (κ2) is 6.57. The summed E-state index contributed by atoms with van der Waals surface area (Å²) in [5.74, 6) is 1.97. The summed E-state index contributed by atoms with van der Waals surface area (Å²) in [6.45, 7) is 2.55. The topological polar surface area (TPSA) is 50.4 Å². The van der Waals surface area contributed by atoms with Crippen LogP contribution in [0.1, 0.15) is 58.3 Å². The van der Waals surface area contributed by atoms with Crippen LogP contribution in [0.3, 0.4) is 0 Å². The molecule has 0 amide bonds. The molecule has 1 aromatic carbocycles. The van der Waals surface area contributed by atoms with Gasteiger partial charge in [-0.1, -0.05) is 36.8 Å². The van der Waals surface area contributed by atoms with E-state index in [1.807, 2.05) is 18.6 Å². The quantitative estimate of drug-likeness (QED) is 0.279. The molecule has 0 radical (unpaired) electrons. The summed E-state index contributed by atoms with van der Waals surface area (Å²) in [6, 6.07) is 8.34. The minimum absolute atomic E-state index is 0.189. The first-order chi connectivity index (χ1) is 14.7. The molecule has 2 saturated carbocycles. The number of imidazole rings is 1. The Hall–Kier alpha value is -2.36. The van der Waals surface area contributed by atoms with E-state index in [2.05, 4.69) is 52.0 Å². The third-order valence-corrected chi connectivity index (χ3v) is 9.20. The first kappa shape index (κ1) is 18.4. The fourth-order valence-electron chi connectivity index (χ4n) is 7.86. The van der Waals surface area contributed by atoms with Crippen molar-refractivity contribution in [2.45, 2.75) is 58.3 Å². The molecule has 156 valence electrons. The number of rotatable bonds is 2. The zero-order valence-corrected chi connectivity index (χ0v) is 17.8. The highest BCUT2D eigenvalue weighted by Gasteiger charge is 2.58. The Balaban J connectivity index is 1.42. The van der Waals surface area contributed by atoms with Gasteiger partial charge in [0.15, 0.2) is 0 Å². The molecule has 30 heavy (non-hydrogen) atoms. The molecule has 1 N–H and O–H groups in total. The van der Waals surface area contributed by atoms with Crippen LogP contribution in [0.4, 0.5) is 0 Å². The van der Waals surface area contributed by atoms with Gasteiger partial charge in [0.05, 0.1) is 22.7 Å². The Labute approximate surface area is 178 Å². The average molecular weight is 402 g/mol. The summed E-state index contributed by atoms with van der Waals surface area (Å²) >= 11 is 0. The molecule has 2 fully saturated rings. The van der Waals surface area contributed by atoms with E-state index in [-0.39, 0.29) is 5.41 Å². The number of para-hydroxylation sites is 2. The smallest absolute Gasteiger partial charge is 0.100 e. The predicted octanol–water partition coefficient (Wildman–Crippen LogP) is 6.28. The number of fused-ring (bicyclic) bond motifs is 6. The van der Waals surface area contributed by atoms with Crippen molar-refractivity contribution in [3.8, 4) is 0 Å². The lowest BCUT2D eigenvalue weighted by molar-refractivity contribution is -0.00709. The molecule has 1 aromatic heterocycles. The molecule has 2 aromatic rings. The maximum Gasteiger partial charge on any atom is 0.100 e. The van der Waals surface area contributed by atoms with E-state index < -0.39 is 0 Å². The summed E-state index contributed by atoms with van der Waals surface area (Å²) in [7, 11) is 0. The molecule has 6 rings (SSSR count). The van der Waals surface area contributed by atoms with Gasteiger partial charge in [-0.05, 0) is 86.7 Å². The van der Waals surface area contributed by atoms with Crippen LogP contribution in [0.15, 0.2) is 53.5 Å². The Morgan fingerprint density at radius 3 is 2.97 bits per heavy atom. The van der Waals surface area contributed by atoms with Gasteiger partial charge in [0.2, 0.25) is 0 Å². The van der Waals surface area contributed by atoms with Crippen molar-refractivity contribution in [2.75, 3.05) is 0 Å². The van der Waals surface area contributed by atoms with Crippen LogP contribution in [-0.2, 0) is 0 Å². The summed E-state index contributed by atoms with van der Waals surface area (Å²) in [5, 5.41) is 13.4. The van der Waals surface area contributed by atoms with E-state index in [0.29, 0.717) is 17.3 Å². The van der Waals surface area contributed by atoms with Crippen molar-refractivity contribution in [3.63, 3.8) is 0 Å². The molecule has 4 heteroatoms. The van der Waals surface area contributed by atoms with Crippen LogP contribution in [0.25, 0.3) is 16.7 Å². The first-order valence-corrected chi connectivity index (χ1v) is 11.7. The van der Waals surface area contributed by atoms with Crippen molar-refractivity contribution >= 4 is 22.9 Å². The zero-order valence-electron chi connectivity index (χ0n) is 17.8. The van der Waals surface area contributed by atoms with Crippen LogP contribution in [0, 0.1) is 28.6 Å². The van der Waals surface area contributed by atoms with Crippen LogP contribution < -0.4 is 0 Å². The molecular formula is C26H31N3O. The van der Waals surface area contributed by atoms with Gasteiger partial charge in [0.1, 0.15) is 6.33 Å². The fourth-order valence-corrected chi connectivity index (χ4v) is 7.86. The summed E-state index contributed by atoms with van der Waals surface area (Å²) < 4.78 is 2.26. The maximum absolute atomic E-state index is 9.73. The van der Waals surface area contributed by atoms with Crippen LogP contribution in [-0.4, -0.2) is 21.0 Å². The molecule has 1 heterocycles. The average Bonchev–Trinajstić information content (AvgIpc) is 3.35. The van der Waals surface area contributed by atoms with E-state index in [9.17, 15) is 5.21 Å². The first-order valence-electron chi connectivity index (χ1n) is 11.7. The van der Waals surface area contributed by atoms with Gasteiger partial charge in [-0.3, -0.25) is 0 Å². The molecular weight excluding hydrogens is 370 g/mol. The monoisotopic (exact) mass is 401 g/mol. The zero-order chi connectivity index (χ0) is 20.3. The lowest BCUT2D eigenvalue weighted by atomic mass is 9.47. The van der Waals surface area contributed by atoms with Crippen LogP contribution in [0.2, 0.25) is 0 Å². The number of nitrogens with zero attached hydrogens (tertiary/aromatic N) is 3. The summed E-state index contributed by atoms with van der Waals surface area (Å²) in [4.78, 5) is 4.65. The largest absolute Gasteiger partial charge is 0.411 e. The van der Waals surface area contributed by atoms with Gasteiger partial charge in [-0.2, -0.15) is 0 Å². The summed E-state index contributed by atoms with van der Waals surface area (Å²) in [5.41, 5.74) is 5.37. The van der Waals surface area contributed by atoms with Gasteiger partial charge in [0.25, 0.3) is 0 Å². The van der Waals surface area contributed by atoms with E-state index in [1.165, 1.54) is 44.2 Å². The second-order valence-corrected chi connectivity index (χ2v) is 10.2. The van der Waals surface area contributed by atoms with Crippen molar-refractivity contribution in [1.29, 1.82) is 0 Å². The molecule has 0 bridgehead atoms. The molecule has 4 aliphatic rings. The van der Waals surface area contributed by atoms with Crippen LogP contribution >= 0.6 is 0 Å². The van der Waals surface area contributed by atoms with Crippen LogP contribution in [0.5, 0.6) is 0 Å². The van der Waals surface area contributed by atoms with E-state index in [0.717, 1.165) is 29.8 Å². The highest BCUT2D eigenvalue weighted by atomic mass is 16.4. The maximum atomic E-state index is 9.73. The number of hydrogen-bond acceptors (Lipinski definition) is 3. The van der Waals surface area contributed by atoms with Crippen molar-refractivity contribution in [3.05, 3.63) is 48.3 Å². The third kappa shape index (κ3) is 2.34.